The first-order valence-corrected chi connectivity index (χ1v) is 23.6. The van der Waals surface area contributed by atoms with Crippen molar-refractivity contribution in [1.29, 1.82) is 0 Å². The molecule has 0 aromatic heterocycles. The maximum atomic E-state index is 13.0. The minimum atomic E-state index is -0.248. The first-order chi connectivity index (χ1) is 25.1. The minimum absolute atomic E-state index is 0.0183. The van der Waals surface area contributed by atoms with E-state index in [1.54, 1.807) is 0 Å². The van der Waals surface area contributed by atoms with Gasteiger partial charge < -0.3 is 5.11 Å². The fourth-order valence-electron chi connectivity index (χ4n) is 8.48. The molecule has 3 aromatic rings. The van der Waals surface area contributed by atoms with Gasteiger partial charge in [0.1, 0.15) is 5.75 Å². The summed E-state index contributed by atoms with van der Waals surface area (Å²) in [7, 11) is 1.08. The highest BCUT2D eigenvalue weighted by atomic mass is 32.2. The lowest BCUT2D eigenvalue weighted by molar-refractivity contribution is 0.112. The molecule has 2 unspecified atom stereocenters. The van der Waals surface area contributed by atoms with Crippen LogP contribution in [-0.4, -0.2) is 28.2 Å². The SMILES string of the molecule is C=PC(CC)(CC)c1cc(C(C)(C)C)cc(CSC2CCCCCCC2SCc2cc(C(C)(C)C)cc(C(CC)(CC)c3ccccc3)c2O)c1C=O. The van der Waals surface area contributed by atoms with Crippen molar-refractivity contribution in [2.45, 2.75) is 177 Å². The summed E-state index contributed by atoms with van der Waals surface area (Å²) in [6, 6.07) is 20.1. The number of carbonyl (C=O) groups excluding carboxylic acids is 1. The van der Waals surface area contributed by atoms with Crippen LogP contribution >= 0.6 is 31.7 Å². The van der Waals surface area contributed by atoms with E-state index in [1.807, 2.05) is 0 Å². The lowest BCUT2D eigenvalue weighted by Crippen LogP contribution is -2.27. The average molecular weight is 773 g/mol. The normalized spacial score (nSPS) is 17.8. The second kappa shape index (κ2) is 18.8. The number of thioether (sulfide) groups is 2. The van der Waals surface area contributed by atoms with E-state index in [4.69, 9.17) is 0 Å². The Morgan fingerprint density at radius 3 is 1.64 bits per heavy atom. The Morgan fingerprint density at radius 1 is 0.698 bits per heavy atom. The maximum Gasteiger partial charge on any atom is 0.150 e. The zero-order valence-electron chi connectivity index (χ0n) is 34.7. The topological polar surface area (TPSA) is 37.3 Å². The van der Waals surface area contributed by atoms with E-state index in [9.17, 15) is 9.90 Å². The number of aromatic hydroxyl groups is 1. The molecule has 0 spiro atoms. The number of benzene rings is 3. The predicted molar refractivity (Wildman–Crippen MR) is 239 cm³/mol. The van der Waals surface area contributed by atoms with Gasteiger partial charge in [0.25, 0.3) is 0 Å². The van der Waals surface area contributed by atoms with E-state index in [-0.39, 0.29) is 21.4 Å². The van der Waals surface area contributed by atoms with E-state index in [0.29, 0.717) is 16.2 Å². The van der Waals surface area contributed by atoms with Crippen LogP contribution < -0.4 is 0 Å². The Morgan fingerprint density at radius 2 is 1.19 bits per heavy atom. The molecule has 290 valence electrons. The van der Waals surface area contributed by atoms with Crippen molar-refractivity contribution >= 4 is 44.3 Å². The summed E-state index contributed by atoms with van der Waals surface area (Å²) < 4.78 is 0. The number of carbonyl (C=O) groups is 1. The average Bonchev–Trinajstić information content (AvgIpc) is 3.13. The van der Waals surface area contributed by atoms with Gasteiger partial charge in [0, 0.05) is 49.3 Å². The molecule has 0 bridgehead atoms. The Hall–Kier alpha value is -2.00. The van der Waals surface area contributed by atoms with Gasteiger partial charge in [-0.25, -0.2) is 0 Å². The molecule has 3 aromatic carbocycles. The Balaban J connectivity index is 1.72. The van der Waals surface area contributed by atoms with Crippen molar-refractivity contribution in [2.75, 3.05) is 0 Å². The standard InChI is InChI=1S/C48H69O2PS2/c1-12-47(13-2,36-23-19-18-20-24-36)41-30-38(46(8,9)10)28-35(44(41)50)33-53-43-26-22-17-16-21-25-42(43)52-32-34-27-37(45(5,6)7)29-40(39(34)31-49)48(14-3,15-4)51-11/h18-20,23-24,27-31,42-43,50H,11-17,21-22,25-26,32-33H2,1-10H3. The molecule has 1 aliphatic rings. The van der Waals surface area contributed by atoms with Gasteiger partial charge in [-0.1, -0.05) is 156 Å². The molecule has 0 amide bonds. The number of phenolic OH excluding ortho intramolecular Hbond substituents is 1. The predicted octanol–water partition coefficient (Wildman–Crippen LogP) is 14.6. The smallest absolute Gasteiger partial charge is 0.150 e. The molecule has 4 rings (SSSR count). The number of aldehydes is 1. The molecule has 0 heterocycles. The zero-order chi connectivity index (χ0) is 39.0. The summed E-state index contributed by atoms with van der Waals surface area (Å²) >= 11 is 4.13. The van der Waals surface area contributed by atoms with Gasteiger partial charge in [0.2, 0.25) is 0 Å². The maximum absolute atomic E-state index is 13.0. The van der Waals surface area contributed by atoms with Crippen molar-refractivity contribution in [3.63, 3.8) is 0 Å². The largest absolute Gasteiger partial charge is 0.507 e. The first-order valence-electron chi connectivity index (χ1n) is 20.4. The lowest BCUT2D eigenvalue weighted by atomic mass is 9.68. The van der Waals surface area contributed by atoms with Crippen LogP contribution in [0.5, 0.6) is 5.75 Å². The lowest BCUT2D eigenvalue weighted by Gasteiger charge is -2.36. The quantitative estimate of drug-likeness (QED) is 0.123. The molecule has 5 heteroatoms. The molecule has 0 saturated heterocycles. The first kappa shape index (κ1) is 43.7. The van der Waals surface area contributed by atoms with E-state index >= 15 is 0 Å². The summed E-state index contributed by atoms with van der Waals surface area (Å²) in [4.78, 5) is 13.0. The second-order valence-electron chi connectivity index (χ2n) is 17.5. The number of hydrogen-bond acceptors (Lipinski definition) is 4. The van der Waals surface area contributed by atoms with Crippen molar-refractivity contribution in [3.8, 4) is 5.75 Å². The van der Waals surface area contributed by atoms with Gasteiger partial charge in [-0.15, -0.1) is 8.20 Å². The third-order valence-electron chi connectivity index (χ3n) is 12.4. The van der Waals surface area contributed by atoms with Gasteiger partial charge in [-0.3, -0.25) is 4.79 Å². The van der Waals surface area contributed by atoms with E-state index in [1.165, 1.54) is 66.3 Å². The molecule has 2 nitrogen and oxygen atoms in total. The summed E-state index contributed by atoms with van der Waals surface area (Å²) in [5, 5.41) is 13.1. The fourth-order valence-corrected chi connectivity index (χ4v) is 12.4. The van der Waals surface area contributed by atoms with Crippen LogP contribution in [0.15, 0.2) is 54.6 Å². The molecule has 1 aliphatic carbocycles. The van der Waals surface area contributed by atoms with Crippen LogP contribution in [0.3, 0.4) is 0 Å². The van der Waals surface area contributed by atoms with E-state index in [0.717, 1.165) is 68.4 Å². The van der Waals surface area contributed by atoms with Crippen molar-refractivity contribution in [1.82, 2.24) is 0 Å². The molecular formula is C48H69O2PS2. The molecule has 0 aliphatic heterocycles. The van der Waals surface area contributed by atoms with Crippen LogP contribution in [0.1, 0.15) is 183 Å². The third kappa shape index (κ3) is 9.88. The molecule has 1 saturated carbocycles. The number of rotatable bonds is 15. The Bertz CT molecular complexity index is 1660. The van der Waals surface area contributed by atoms with Gasteiger partial charge >= 0.3 is 0 Å². The highest BCUT2D eigenvalue weighted by Crippen LogP contribution is 2.49. The van der Waals surface area contributed by atoms with Gasteiger partial charge in [0.05, 0.1) is 0 Å². The molecule has 53 heavy (non-hydrogen) atoms. The van der Waals surface area contributed by atoms with Gasteiger partial charge in [-0.2, -0.15) is 23.5 Å². The fraction of sp³-hybridized carbons (Fsp3) is 0.583. The summed E-state index contributed by atoms with van der Waals surface area (Å²) in [6.07, 6.45) is 16.8. The molecule has 1 N–H and O–H groups in total. The van der Waals surface area contributed by atoms with Crippen LogP contribution in [0.25, 0.3) is 0 Å². The highest BCUT2D eigenvalue weighted by molar-refractivity contribution is 8.03. The van der Waals surface area contributed by atoms with Crippen LogP contribution in [0.4, 0.5) is 0 Å². The number of hydrogen-bond donors (Lipinski definition) is 1. The monoisotopic (exact) mass is 772 g/mol. The molecule has 2 atom stereocenters. The van der Waals surface area contributed by atoms with E-state index < -0.39 is 0 Å². The zero-order valence-corrected chi connectivity index (χ0v) is 37.3. The molecule has 0 radical (unpaired) electrons. The van der Waals surface area contributed by atoms with E-state index in [2.05, 4.69) is 154 Å². The molecular weight excluding hydrogens is 704 g/mol. The third-order valence-corrected chi connectivity index (χ3v) is 17.0. The van der Waals surface area contributed by atoms with Crippen LogP contribution in [0, 0.1) is 0 Å². The summed E-state index contributed by atoms with van der Waals surface area (Å²) in [5.74, 6) is 2.12. The van der Waals surface area contributed by atoms with Crippen LogP contribution in [0.2, 0.25) is 0 Å². The highest BCUT2D eigenvalue weighted by Gasteiger charge is 2.36. The summed E-state index contributed by atoms with van der Waals surface area (Å²) in [5.41, 5.74) is 8.99. The van der Waals surface area contributed by atoms with Crippen molar-refractivity contribution < 1.29 is 9.90 Å². The van der Waals surface area contributed by atoms with Gasteiger partial charge in [0.15, 0.2) is 6.29 Å². The van der Waals surface area contributed by atoms with Crippen molar-refractivity contribution in [3.05, 3.63) is 99.1 Å². The second-order valence-corrected chi connectivity index (χ2v) is 21.1. The minimum Gasteiger partial charge on any atom is -0.507 e. The van der Waals surface area contributed by atoms with Gasteiger partial charge in [-0.05, 0) is 77.2 Å². The Kier molecular flexibility index (Phi) is 15.5. The van der Waals surface area contributed by atoms with Crippen molar-refractivity contribution in [2.24, 2.45) is 0 Å². The summed E-state index contributed by atoms with van der Waals surface area (Å²) in [6.45, 7) is 22.8. The Labute approximate surface area is 334 Å². The number of phenols is 1. The molecule has 1 fully saturated rings. The van der Waals surface area contributed by atoms with Crippen LogP contribution in [-0.2, 0) is 32.9 Å².